The van der Waals surface area contributed by atoms with E-state index in [0.29, 0.717) is 0 Å². The van der Waals surface area contributed by atoms with E-state index in [2.05, 4.69) is 24.4 Å². The predicted octanol–water partition coefficient (Wildman–Crippen LogP) is 1.85. The molecule has 16 heavy (non-hydrogen) atoms. The Bertz CT molecular complexity index is 370. The van der Waals surface area contributed by atoms with Gasteiger partial charge in [0.15, 0.2) is 0 Å². The van der Waals surface area contributed by atoms with Gasteiger partial charge < -0.3 is 15.8 Å². The molecule has 3 N–H and O–H groups in total. The van der Waals surface area contributed by atoms with Gasteiger partial charge in [0.1, 0.15) is 0 Å². The van der Waals surface area contributed by atoms with Crippen LogP contribution in [-0.4, -0.2) is 18.8 Å². The lowest BCUT2D eigenvalue weighted by Gasteiger charge is -2.23. The number of benzene rings is 1. The Morgan fingerprint density at radius 2 is 2.31 bits per heavy atom. The molecular formula is C13H20N2O. The van der Waals surface area contributed by atoms with Gasteiger partial charge in [-0.25, -0.2) is 0 Å². The summed E-state index contributed by atoms with van der Waals surface area (Å²) in [6.45, 7) is 6.74. The monoisotopic (exact) mass is 220 g/mol. The van der Waals surface area contributed by atoms with E-state index in [0.717, 1.165) is 37.4 Å². The highest BCUT2D eigenvalue weighted by atomic mass is 16.5. The molecule has 1 atom stereocenters. The van der Waals surface area contributed by atoms with Crippen LogP contribution in [0.15, 0.2) is 18.2 Å². The van der Waals surface area contributed by atoms with Gasteiger partial charge in [0.25, 0.3) is 0 Å². The van der Waals surface area contributed by atoms with Crippen molar-refractivity contribution >= 4 is 5.69 Å². The van der Waals surface area contributed by atoms with E-state index in [1.165, 1.54) is 5.56 Å². The zero-order valence-electron chi connectivity index (χ0n) is 10.0. The van der Waals surface area contributed by atoms with Crippen LogP contribution in [-0.2, 0) is 11.3 Å². The Morgan fingerprint density at radius 1 is 1.50 bits per heavy atom. The van der Waals surface area contributed by atoms with E-state index < -0.39 is 0 Å². The Hall–Kier alpha value is -1.06. The van der Waals surface area contributed by atoms with Crippen LogP contribution in [0.3, 0.4) is 0 Å². The van der Waals surface area contributed by atoms with E-state index in [9.17, 15) is 0 Å². The molecule has 1 fully saturated rings. The van der Waals surface area contributed by atoms with Crippen molar-refractivity contribution in [3.63, 3.8) is 0 Å². The van der Waals surface area contributed by atoms with Crippen molar-refractivity contribution in [2.24, 2.45) is 0 Å². The first-order valence-corrected chi connectivity index (χ1v) is 5.77. The summed E-state index contributed by atoms with van der Waals surface area (Å²) >= 11 is 0. The molecule has 0 aliphatic carbocycles. The summed E-state index contributed by atoms with van der Waals surface area (Å²) in [6.07, 6.45) is 1.08. The number of nitrogens with one attached hydrogen (secondary N) is 1. The average Bonchev–Trinajstić information content (AvgIpc) is 2.68. The second kappa shape index (κ2) is 4.44. The summed E-state index contributed by atoms with van der Waals surface area (Å²) in [6, 6.07) is 6.24. The molecule has 0 spiro atoms. The normalized spacial score (nSPS) is 24.9. The second-order valence-electron chi connectivity index (χ2n) is 4.91. The van der Waals surface area contributed by atoms with Gasteiger partial charge >= 0.3 is 0 Å². The molecule has 0 amide bonds. The van der Waals surface area contributed by atoms with Gasteiger partial charge in [0, 0.05) is 24.4 Å². The highest BCUT2D eigenvalue weighted by Gasteiger charge is 2.28. The van der Waals surface area contributed by atoms with Gasteiger partial charge in [-0.15, -0.1) is 0 Å². The van der Waals surface area contributed by atoms with Crippen molar-refractivity contribution in [3.05, 3.63) is 29.3 Å². The molecule has 2 rings (SSSR count). The lowest BCUT2D eigenvalue weighted by molar-refractivity contribution is 0.171. The van der Waals surface area contributed by atoms with Gasteiger partial charge in [-0.3, -0.25) is 0 Å². The standard InChI is InChI=1S/C13H20N2O/c1-10-3-4-11(7-12(10)14)8-15-13(2)5-6-16-9-13/h3-4,7,15H,5-6,8-9,14H2,1-2H3. The van der Waals surface area contributed by atoms with E-state index in [-0.39, 0.29) is 5.54 Å². The molecular weight excluding hydrogens is 200 g/mol. The van der Waals surface area contributed by atoms with Gasteiger partial charge in [0.2, 0.25) is 0 Å². The van der Waals surface area contributed by atoms with Crippen molar-refractivity contribution in [2.45, 2.75) is 32.4 Å². The molecule has 1 aromatic rings. The second-order valence-corrected chi connectivity index (χ2v) is 4.91. The fraction of sp³-hybridized carbons (Fsp3) is 0.538. The van der Waals surface area contributed by atoms with E-state index in [4.69, 9.17) is 10.5 Å². The zero-order chi connectivity index (χ0) is 11.6. The first kappa shape index (κ1) is 11.4. The summed E-state index contributed by atoms with van der Waals surface area (Å²) in [5, 5.41) is 3.54. The number of nitrogens with two attached hydrogens (primary N) is 1. The molecule has 0 saturated carbocycles. The third-order valence-electron chi connectivity index (χ3n) is 3.28. The van der Waals surface area contributed by atoms with Gasteiger partial charge in [-0.05, 0) is 37.5 Å². The van der Waals surface area contributed by atoms with Crippen molar-refractivity contribution in [3.8, 4) is 0 Å². The first-order valence-electron chi connectivity index (χ1n) is 5.77. The number of rotatable bonds is 3. The van der Waals surface area contributed by atoms with Crippen molar-refractivity contribution < 1.29 is 4.74 Å². The Morgan fingerprint density at radius 3 is 2.94 bits per heavy atom. The number of aryl methyl sites for hydroxylation is 1. The van der Waals surface area contributed by atoms with Gasteiger partial charge in [-0.1, -0.05) is 12.1 Å². The molecule has 0 bridgehead atoms. The molecule has 88 valence electrons. The minimum absolute atomic E-state index is 0.125. The molecule has 0 aromatic heterocycles. The maximum Gasteiger partial charge on any atom is 0.0646 e. The van der Waals surface area contributed by atoms with Crippen molar-refractivity contribution in [1.82, 2.24) is 5.32 Å². The largest absolute Gasteiger partial charge is 0.399 e. The van der Waals surface area contributed by atoms with Crippen LogP contribution in [0.5, 0.6) is 0 Å². The summed E-state index contributed by atoms with van der Waals surface area (Å²) < 4.78 is 5.40. The van der Waals surface area contributed by atoms with E-state index in [1.54, 1.807) is 0 Å². The topological polar surface area (TPSA) is 47.3 Å². The predicted molar refractivity (Wildman–Crippen MR) is 66.3 cm³/mol. The highest BCUT2D eigenvalue weighted by Crippen LogP contribution is 2.19. The fourth-order valence-corrected chi connectivity index (χ4v) is 1.92. The van der Waals surface area contributed by atoms with E-state index in [1.807, 2.05) is 13.0 Å². The van der Waals surface area contributed by atoms with Crippen LogP contribution in [0.4, 0.5) is 5.69 Å². The van der Waals surface area contributed by atoms with Crippen molar-refractivity contribution in [2.75, 3.05) is 18.9 Å². The smallest absolute Gasteiger partial charge is 0.0646 e. The number of hydrogen-bond acceptors (Lipinski definition) is 3. The van der Waals surface area contributed by atoms with Crippen LogP contribution in [0.2, 0.25) is 0 Å². The minimum atomic E-state index is 0.125. The molecule has 3 heteroatoms. The summed E-state index contributed by atoms with van der Waals surface area (Å²) in [5.41, 5.74) is 9.25. The third-order valence-corrected chi connectivity index (χ3v) is 3.28. The van der Waals surface area contributed by atoms with Crippen LogP contribution in [0, 0.1) is 6.92 Å². The van der Waals surface area contributed by atoms with E-state index >= 15 is 0 Å². The Balaban J connectivity index is 1.96. The first-order chi connectivity index (χ1) is 7.59. The minimum Gasteiger partial charge on any atom is -0.399 e. The zero-order valence-corrected chi connectivity index (χ0v) is 10.0. The molecule has 3 nitrogen and oxygen atoms in total. The number of ether oxygens (including phenoxy) is 1. The molecule has 0 radical (unpaired) electrons. The summed E-state index contributed by atoms with van der Waals surface area (Å²) in [5.74, 6) is 0. The number of hydrogen-bond donors (Lipinski definition) is 2. The molecule has 1 heterocycles. The van der Waals surface area contributed by atoms with Crippen LogP contribution in [0.1, 0.15) is 24.5 Å². The lowest BCUT2D eigenvalue weighted by Crippen LogP contribution is -2.42. The SMILES string of the molecule is Cc1ccc(CNC2(C)CCOC2)cc1N. The number of anilines is 1. The molecule has 1 aliphatic rings. The molecule has 1 aliphatic heterocycles. The van der Waals surface area contributed by atoms with Crippen LogP contribution in [0.25, 0.3) is 0 Å². The summed E-state index contributed by atoms with van der Waals surface area (Å²) in [4.78, 5) is 0. The Kier molecular flexibility index (Phi) is 3.17. The third kappa shape index (κ3) is 2.54. The molecule has 1 unspecified atom stereocenters. The maximum absolute atomic E-state index is 5.88. The lowest BCUT2D eigenvalue weighted by atomic mass is 10.0. The number of nitrogen functional groups attached to an aromatic ring is 1. The van der Waals surface area contributed by atoms with Gasteiger partial charge in [-0.2, -0.15) is 0 Å². The molecule has 1 saturated heterocycles. The maximum atomic E-state index is 5.88. The quantitative estimate of drug-likeness (QED) is 0.764. The van der Waals surface area contributed by atoms with Crippen molar-refractivity contribution in [1.29, 1.82) is 0 Å². The molecule has 1 aromatic carbocycles. The highest BCUT2D eigenvalue weighted by molar-refractivity contribution is 5.48. The Labute approximate surface area is 97.0 Å². The van der Waals surface area contributed by atoms with Gasteiger partial charge in [0.05, 0.1) is 6.61 Å². The fourth-order valence-electron chi connectivity index (χ4n) is 1.92. The summed E-state index contributed by atoms with van der Waals surface area (Å²) in [7, 11) is 0. The average molecular weight is 220 g/mol. The van der Waals surface area contributed by atoms with Crippen LogP contribution < -0.4 is 11.1 Å². The van der Waals surface area contributed by atoms with Crippen LogP contribution >= 0.6 is 0 Å².